The van der Waals surface area contributed by atoms with Gasteiger partial charge in [-0.15, -0.1) is 0 Å². The molecule has 32 aliphatic carbocycles. The lowest BCUT2D eigenvalue weighted by atomic mass is 9.33. The van der Waals surface area contributed by atoms with Crippen LogP contribution in [0.15, 0.2) is 54.6 Å². The Morgan fingerprint density at radius 2 is 0.651 bits per heavy atom. The van der Waals surface area contributed by atoms with Crippen molar-refractivity contribution in [2.75, 3.05) is 38.2 Å². The quantitative estimate of drug-likeness (QED) is 0.280. The third-order valence-corrected chi connectivity index (χ3v) is 45.3. The first kappa shape index (κ1) is 39.6. The van der Waals surface area contributed by atoms with Crippen LogP contribution in [0.5, 0.6) is 0 Å². The number of methoxy groups -OCH3 is 1. The number of ether oxygens (including phenoxy) is 1. The van der Waals surface area contributed by atoms with Crippen molar-refractivity contribution >= 4 is 11.7 Å². The maximum absolute atomic E-state index is 14.1. The lowest BCUT2D eigenvalue weighted by Crippen LogP contribution is -2.78. The molecule has 4 nitrogen and oxygen atoms in total. The normalized spacial score (nSPS) is 84.4. The molecule has 60 unspecified atom stereocenters. The van der Waals surface area contributed by atoms with E-state index in [0.29, 0.717) is 11.0 Å². The third kappa shape index (κ3) is 2.74. The van der Waals surface area contributed by atoms with E-state index in [9.17, 15) is 4.79 Å². The van der Waals surface area contributed by atoms with Crippen molar-refractivity contribution in [2.24, 2.45) is 349 Å². The Labute approximate surface area is 488 Å². The van der Waals surface area contributed by atoms with Gasteiger partial charge in [-0.05, 0) is 385 Å². The van der Waals surface area contributed by atoms with E-state index in [1.54, 1.807) is 12.7 Å². The monoisotopic (exact) mass is 1090 g/mol. The van der Waals surface area contributed by atoms with Crippen molar-refractivity contribution in [3.63, 3.8) is 0 Å². The number of hydrogen-bond donors (Lipinski definition) is 0. The van der Waals surface area contributed by atoms with Crippen LogP contribution in [0.25, 0.3) is 0 Å². The van der Waals surface area contributed by atoms with Crippen molar-refractivity contribution in [3.05, 3.63) is 65.7 Å². The van der Waals surface area contributed by atoms with Crippen LogP contribution in [0, 0.1) is 349 Å². The Balaban J connectivity index is 0.772. The topological polar surface area (TPSA) is 32.8 Å². The summed E-state index contributed by atoms with van der Waals surface area (Å²) in [5, 5.41) is 0. The molecule has 0 bridgehead atoms. The van der Waals surface area contributed by atoms with Crippen LogP contribution in [0.4, 0.5) is 5.69 Å². The van der Waals surface area contributed by atoms with Gasteiger partial charge >= 0.3 is 5.97 Å². The number of carbonyl (C=O) groups is 1. The van der Waals surface area contributed by atoms with E-state index in [2.05, 4.69) is 64.4 Å². The van der Waals surface area contributed by atoms with Gasteiger partial charge in [0.25, 0.3) is 0 Å². The molecule has 32 saturated carbocycles. The first-order chi connectivity index (χ1) is 41.2. The van der Waals surface area contributed by atoms with Crippen LogP contribution >= 0.6 is 0 Å². The van der Waals surface area contributed by atoms with E-state index >= 15 is 0 Å². The fraction of sp³-hybridized carbons (Fsp3) is 0.835. The van der Waals surface area contributed by atoms with Crippen LogP contribution in [-0.4, -0.2) is 49.7 Å². The zero-order chi connectivity index (χ0) is 50.6. The number of hydrogen-bond acceptors (Lipinski definition) is 4. The van der Waals surface area contributed by atoms with Crippen molar-refractivity contribution in [3.8, 4) is 0 Å². The average molecular weight is 1090 g/mol. The molecule has 2 aromatic rings. The maximum Gasteiger partial charge on any atom is 0.337 e. The molecule has 0 amide bonds. The smallest absolute Gasteiger partial charge is 0.337 e. The summed E-state index contributed by atoms with van der Waals surface area (Å²) in [5.74, 6) is 66.8. The Bertz CT molecular complexity index is 3730. The van der Waals surface area contributed by atoms with Gasteiger partial charge in [-0.1, -0.05) is 30.3 Å². The van der Waals surface area contributed by atoms with Gasteiger partial charge in [0.2, 0.25) is 0 Å². The molecule has 33 fully saturated rings. The molecule has 60 atom stereocenters. The van der Waals surface area contributed by atoms with E-state index in [1.807, 2.05) is 0 Å². The number of nitrogens with zero attached hydrogens (tertiary/aromatic N) is 2. The number of benzene rings is 2. The molecule has 4 heteroatoms. The van der Waals surface area contributed by atoms with Gasteiger partial charge < -0.3 is 9.64 Å². The van der Waals surface area contributed by atoms with Crippen LogP contribution < -0.4 is 4.90 Å². The molecule has 83 heavy (non-hydrogen) atoms. The van der Waals surface area contributed by atoms with Gasteiger partial charge in [-0.3, -0.25) is 4.90 Å². The van der Waals surface area contributed by atoms with Gasteiger partial charge in [-0.25, -0.2) is 4.79 Å². The molecule has 0 N–H and O–H groups in total. The molecule has 0 spiro atoms. The van der Waals surface area contributed by atoms with Crippen molar-refractivity contribution < 1.29 is 9.53 Å². The van der Waals surface area contributed by atoms with E-state index in [0.717, 1.165) is 154 Å². The summed E-state index contributed by atoms with van der Waals surface area (Å²) < 4.78 is 5.74. The number of anilines is 1. The Morgan fingerprint density at radius 3 is 1.05 bits per heavy atom. The van der Waals surface area contributed by atoms with Gasteiger partial charge in [-0.2, -0.15) is 0 Å². The highest BCUT2D eigenvalue weighted by Gasteiger charge is 3.05. The second-order valence-corrected chi connectivity index (χ2v) is 40.9. The van der Waals surface area contributed by atoms with E-state index in [-0.39, 0.29) is 5.97 Å². The van der Waals surface area contributed by atoms with E-state index < -0.39 is 0 Å². The Hall–Kier alpha value is -2.33. The highest BCUT2D eigenvalue weighted by molar-refractivity contribution is 5.89. The molecule has 418 valence electrons. The molecule has 0 radical (unpaired) electrons. The van der Waals surface area contributed by atoms with Crippen molar-refractivity contribution in [1.82, 2.24) is 4.90 Å². The molecular formula is C79H80N2O2. The molecule has 0 aromatic heterocycles. The first-order valence-corrected chi connectivity index (χ1v) is 37.9. The zero-order valence-corrected chi connectivity index (χ0v) is 47.9. The Kier molecular flexibility index (Phi) is 5.01. The van der Waals surface area contributed by atoms with Crippen LogP contribution in [0.2, 0.25) is 0 Å². The number of esters is 1. The van der Waals surface area contributed by atoms with Crippen LogP contribution in [-0.2, 0) is 11.2 Å². The predicted octanol–water partition coefficient (Wildman–Crippen LogP) is 9.72. The number of rotatable bonds is 5. The highest BCUT2D eigenvalue weighted by atomic mass is 16.5. The maximum atomic E-state index is 14.1. The summed E-state index contributed by atoms with van der Waals surface area (Å²) in [6.07, 6.45) is 1.39. The molecule has 1 saturated heterocycles. The SMILES string of the molecule is COC(=O)c1cccc(CC23C4C5C6C7C8C9C%10C%11C%12C%13C%14C%10C%10C%15C9C9C7C5C5C7C9C%15C9C%15C%10C%14C%10C%14C%13C%13C%12C%12C(C%118)C6C6C%12C8C%13C%11C%14C%12C%10C%15C%10C9C7C(C52)C2(N5CCN(c7ccccc7)CC5)C%10C%12C5C%11C8C(C64)C3C52)c1. The number of para-hydroxylation sites is 1. The molecule has 1 heterocycles. The fourth-order valence-corrected chi connectivity index (χ4v) is 50.7. The molecule has 1 aliphatic heterocycles. The average Bonchev–Trinajstić information content (AvgIpc) is 1.39. The lowest BCUT2D eigenvalue weighted by Gasteiger charge is -2.74. The number of piperazine rings is 1. The van der Waals surface area contributed by atoms with Gasteiger partial charge in [0.1, 0.15) is 0 Å². The van der Waals surface area contributed by atoms with Crippen LogP contribution in [0.3, 0.4) is 0 Å². The number of carbonyl (C=O) groups excluding carboxylic acids is 1. The fourth-order valence-electron chi connectivity index (χ4n) is 50.7. The van der Waals surface area contributed by atoms with E-state index in [4.69, 9.17) is 4.74 Å². The molecule has 33 aliphatic rings. The van der Waals surface area contributed by atoms with Gasteiger partial charge in [0, 0.05) is 37.4 Å². The summed E-state index contributed by atoms with van der Waals surface area (Å²) in [5.41, 5.74) is 4.96. The molecular weight excluding hydrogens is 1010 g/mol. The first-order valence-electron chi connectivity index (χ1n) is 37.9. The minimum absolute atomic E-state index is 0.0670. The second kappa shape index (κ2) is 10.5. The predicted molar refractivity (Wildman–Crippen MR) is 299 cm³/mol. The Morgan fingerprint density at radius 1 is 0.349 bits per heavy atom. The minimum Gasteiger partial charge on any atom is -0.465 e. The molecule has 2 aromatic carbocycles. The summed E-state index contributed by atoms with van der Waals surface area (Å²) in [6.45, 7) is 5.35. The third-order valence-electron chi connectivity index (χ3n) is 45.3. The van der Waals surface area contributed by atoms with Gasteiger partial charge in [0.05, 0.1) is 12.7 Å². The highest BCUT2D eigenvalue weighted by Crippen LogP contribution is 3.07. The van der Waals surface area contributed by atoms with Crippen molar-refractivity contribution in [2.45, 2.75) is 12.0 Å². The largest absolute Gasteiger partial charge is 0.465 e. The summed E-state index contributed by atoms with van der Waals surface area (Å²) in [4.78, 5) is 20.7. The summed E-state index contributed by atoms with van der Waals surface area (Å²) in [7, 11) is 1.68. The second-order valence-electron chi connectivity index (χ2n) is 40.9. The standard InChI is InChI=1S/C79H80N2O2/c1-83-77(82)17-7-5-6-16(14-17)15-78-71-63-54-47-34-27-21-22-24-20-19-23(21)32(34)38-36-25(19)29-26(20)37-39-33(24)35-28(22)31-30(27)41-49-42(31)51-48(35)55-53(39)57-44(37)46-40(29)45-43(36)56(52(38)54)67(71)69-58(45)59(46)70-68(57)72-64(55)61(51)66-62(49)65(60(63)50(41)47)73(78)75(66)79(72,76(70)74(69)78)81-12-10-80(11-13-81)18-8-3-2-4-9-18/h2-9,14,19-76H,10-13,15H2,1H3. The van der Waals surface area contributed by atoms with Gasteiger partial charge in [0.15, 0.2) is 0 Å². The minimum atomic E-state index is -0.0670. The molecule has 35 rings (SSSR count). The lowest BCUT2D eigenvalue weighted by molar-refractivity contribution is -0.262. The van der Waals surface area contributed by atoms with E-state index in [1.165, 1.54) is 234 Å². The van der Waals surface area contributed by atoms with Crippen molar-refractivity contribution in [1.29, 1.82) is 0 Å². The zero-order valence-electron chi connectivity index (χ0n) is 47.9. The van der Waals surface area contributed by atoms with Crippen LogP contribution in [0.1, 0.15) is 15.9 Å². The summed E-state index contributed by atoms with van der Waals surface area (Å²) in [6, 6.07) is 21.8. The summed E-state index contributed by atoms with van der Waals surface area (Å²) >= 11 is 0.